The molecule has 0 unspecified atom stereocenters. The Hall–Kier alpha value is -3.71. The number of rotatable bonds is 6. The largest absolute Gasteiger partial charge is 0.472 e. The number of amides is 2. The van der Waals surface area contributed by atoms with Gasteiger partial charge in [0.15, 0.2) is 0 Å². The second-order valence-electron chi connectivity index (χ2n) is 9.62. The number of likely N-dealkylation sites (N-methyl/N-ethyl adjacent to an activating group) is 1. The maximum Gasteiger partial charge on any atom is 0.259 e. The van der Waals surface area contributed by atoms with Crippen molar-refractivity contribution >= 4 is 11.8 Å². The van der Waals surface area contributed by atoms with Crippen LogP contribution in [0.25, 0.3) is 11.1 Å². The van der Waals surface area contributed by atoms with Gasteiger partial charge in [-0.15, -0.1) is 0 Å². The van der Waals surface area contributed by atoms with E-state index >= 15 is 0 Å². The highest BCUT2D eigenvalue weighted by atomic mass is 16.5. The molecule has 2 aromatic carbocycles. The minimum absolute atomic E-state index is 0.104. The van der Waals surface area contributed by atoms with Gasteiger partial charge in [0, 0.05) is 36.8 Å². The first-order valence-corrected chi connectivity index (χ1v) is 12.2. The van der Waals surface area contributed by atoms with E-state index in [0.29, 0.717) is 24.2 Å². The zero-order valence-corrected chi connectivity index (χ0v) is 21.2. The van der Waals surface area contributed by atoms with Crippen LogP contribution in [0.1, 0.15) is 40.1 Å². The van der Waals surface area contributed by atoms with Gasteiger partial charge in [-0.25, -0.2) is 4.98 Å². The van der Waals surface area contributed by atoms with Crippen molar-refractivity contribution in [1.29, 1.82) is 0 Å². The molecule has 0 spiro atoms. The summed E-state index contributed by atoms with van der Waals surface area (Å²) >= 11 is 0. The van der Waals surface area contributed by atoms with E-state index in [1.807, 2.05) is 63.2 Å². The Labute approximate surface area is 212 Å². The number of pyridine rings is 1. The summed E-state index contributed by atoms with van der Waals surface area (Å²) in [7, 11) is 1.75. The van der Waals surface area contributed by atoms with Crippen molar-refractivity contribution in [2.45, 2.75) is 32.9 Å². The topological polar surface area (TPSA) is 83.0 Å². The number of fused-ring (bicyclic) bond motifs is 1. The van der Waals surface area contributed by atoms with Gasteiger partial charge in [0.05, 0.1) is 19.2 Å². The van der Waals surface area contributed by atoms with E-state index in [1.165, 1.54) is 0 Å². The third kappa shape index (κ3) is 5.41. The van der Waals surface area contributed by atoms with Crippen LogP contribution in [0.2, 0.25) is 0 Å². The van der Waals surface area contributed by atoms with Gasteiger partial charge in [-0.2, -0.15) is 0 Å². The molecule has 2 heterocycles. The highest BCUT2D eigenvalue weighted by molar-refractivity contribution is 5.98. The zero-order chi connectivity index (χ0) is 25.8. The van der Waals surface area contributed by atoms with Crippen LogP contribution in [0, 0.1) is 12.8 Å². The van der Waals surface area contributed by atoms with E-state index in [1.54, 1.807) is 41.2 Å². The van der Waals surface area contributed by atoms with Gasteiger partial charge in [0.2, 0.25) is 5.88 Å². The van der Waals surface area contributed by atoms with E-state index in [0.717, 1.165) is 16.7 Å². The zero-order valence-electron chi connectivity index (χ0n) is 21.2. The quantitative estimate of drug-likeness (QED) is 0.567. The fourth-order valence-electron chi connectivity index (χ4n) is 4.38. The Balaban J connectivity index is 1.68. The maximum absolute atomic E-state index is 13.6. The number of carbonyl (C=O) groups is 2. The van der Waals surface area contributed by atoms with Gasteiger partial charge in [0.25, 0.3) is 11.8 Å². The van der Waals surface area contributed by atoms with Gasteiger partial charge >= 0.3 is 0 Å². The first-order valence-electron chi connectivity index (χ1n) is 12.2. The average Bonchev–Trinajstić information content (AvgIpc) is 2.90. The van der Waals surface area contributed by atoms with Gasteiger partial charge in [-0.1, -0.05) is 55.0 Å². The fraction of sp³-hybridized carbons (Fsp3) is 0.345. The molecule has 0 saturated heterocycles. The Morgan fingerprint density at radius 1 is 1.17 bits per heavy atom. The molecule has 2 amide bonds. The number of aryl methyl sites for hydroxylation is 1. The summed E-state index contributed by atoms with van der Waals surface area (Å²) < 4.78 is 6.33. The second kappa shape index (κ2) is 10.9. The smallest absolute Gasteiger partial charge is 0.259 e. The van der Waals surface area contributed by atoms with Crippen molar-refractivity contribution in [2.24, 2.45) is 5.92 Å². The minimum atomic E-state index is -0.402. The molecule has 0 saturated carbocycles. The number of hydrogen-bond donors (Lipinski definition) is 1. The Bertz CT molecular complexity index is 1210. The third-order valence-electron chi connectivity index (χ3n) is 6.73. The normalized spacial score (nSPS) is 18.5. The maximum atomic E-state index is 13.6. The monoisotopic (exact) mass is 487 g/mol. The van der Waals surface area contributed by atoms with Crippen LogP contribution in [0.15, 0.2) is 66.9 Å². The van der Waals surface area contributed by atoms with Crippen molar-refractivity contribution in [2.75, 3.05) is 26.7 Å². The van der Waals surface area contributed by atoms with Crippen LogP contribution < -0.4 is 4.74 Å². The van der Waals surface area contributed by atoms with E-state index < -0.39 is 6.10 Å². The number of carbonyl (C=O) groups excluding carboxylic acids is 2. The Kier molecular flexibility index (Phi) is 7.70. The van der Waals surface area contributed by atoms with Crippen molar-refractivity contribution in [3.63, 3.8) is 0 Å². The minimum Gasteiger partial charge on any atom is -0.472 e. The molecule has 7 heteroatoms. The highest BCUT2D eigenvalue weighted by Crippen LogP contribution is 2.30. The molecule has 1 aromatic heterocycles. The summed E-state index contributed by atoms with van der Waals surface area (Å²) in [4.78, 5) is 34.5. The molecule has 0 aliphatic carbocycles. The molecule has 0 bridgehead atoms. The van der Waals surface area contributed by atoms with Crippen LogP contribution in [0.4, 0.5) is 0 Å². The highest BCUT2D eigenvalue weighted by Gasteiger charge is 2.34. The molecule has 4 rings (SSSR count). The van der Waals surface area contributed by atoms with Crippen molar-refractivity contribution < 1.29 is 19.4 Å². The molecule has 0 fully saturated rings. The van der Waals surface area contributed by atoms with E-state index in [9.17, 15) is 14.7 Å². The van der Waals surface area contributed by atoms with Crippen molar-refractivity contribution in [3.8, 4) is 17.0 Å². The van der Waals surface area contributed by atoms with E-state index in [2.05, 4.69) is 4.98 Å². The summed E-state index contributed by atoms with van der Waals surface area (Å²) in [5, 5.41) is 9.88. The summed E-state index contributed by atoms with van der Waals surface area (Å²) in [6.45, 7) is 6.38. The number of benzene rings is 2. The molecule has 188 valence electrons. The van der Waals surface area contributed by atoms with Crippen LogP contribution in [0.3, 0.4) is 0 Å². The van der Waals surface area contributed by atoms with Crippen LogP contribution >= 0.6 is 0 Å². The molecule has 1 aliphatic rings. The van der Waals surface area contributed by atoms with Crippen molar-refractivity contribution in [3.05, 3.63) is 83.6 Å². The molecule has 1 N–H and O–H groups in total. The Morgan fingerprint density at radius 2 is 1.86 bits per heavy atom. The van der Waals surface area contributed by atoms with E-state index in [4.69, 9.17) is 4.74 Å². The molecule has 0 radical (unpaired) electrons. The standard InChI is InChI=1S/C29H33N3O4/c1-19-10-12-22(13-11-19)24-14-25-27(30-15-24)36-26(20(2)16-32(29(25)35)21(3)18-33)17-31(4)28(34)23-8-6-5-7-9-23/h5-15,20-21,26,33H,16-18H2,1-4H3/t20-,21-,26-/m1/s1. The molecular weight excluding hydrogens is 454 g/mol. The molecule has 36 heavy (non-hydrogen) atoms. The number of ether oxygens (including phenoxy) is 1. The molecule has 3 atom stereocenters. The number of aliphatic hydroxyl groups is 1. The second-order valence-corrected chi connectivity index (χ2v) is 9.62. The summed E-state index contributed by atoms with van der Waals surface area (Å²) in [5.41, 5.74) is 3.86. The number of hydrogen-bond acceptors (Lipinski definition) is 5. The number of aromatic nitrogens is 1. The Morgan fingerprint density at radius 3 is 2.53 bits per heavy atom. The lowest BCUT2D eigenvalue weighted by molar-refractivity contribution is 0.0313. The molecule has 1 aliphatic heterocycles. The van der Waals surface area contributed by atoms with Crippen molar-refractivity contribution in [1.82, 2.24) is 14.8 Å². The number of nitrogens with zero attached hydrogens (tertiary/aromatic N) is 3. The van der Waals surface area contributed by atoms with Gasteiger partial charge in [0.1, 0.15) is 11.7 Å². The van der Waals surface area contributed by atoms with Crippen LogP contribution in [-0.4, -0.2) is 70.6 Å². The number of aliphatic hydroxyl groups excluding tert-OH is 1. The van der Waals surface area contributed by atoms with Gasteiger partial charge in [-0.3, -0.25) is 9.59 Å². The average molecular weight is 488 g/mol. The van der Waals surface area contributed by atoms with Crippen LogP contribution in [-0.2, 0) is 0 Å². The summed E-state index contributed by atoms with van der Waals surface area (Å²) in [5.74, 6) is -0.205. The lowest BCUT2D eigenvalue weighted by Gasteiger charge is -2.37. The van der Waals surface area contributed by atoms with Crippen LogP contribution in [0.5, 0.6) is 5.88 Å². The first-order chi connectivity index (χ1) is 17.3. The summed E-state index contributed by atoms with van der Waals surface area (Å²) in [6, 6.07) is 18.6. The summed E-state index contributed by atoms with van der Waals surface area (Å²) in [6.07, 6.45) is 1.30. The van der Waals surface area contributed by atoms with Gasteiger partial charge in [-0.05, 0) is 37.6 Å². The molecular formula is C29H33N3O4. The van der Waals surface area contributed by atoms with E-state index in [-0.39, 0.29) is 36.3 Å². The predicted molar refractivity (Wildman–Crippen MR) is 139 cm³/mol. The SMILES string of the molecule is Cc1ccc(-c2cnc3c(c2)C(=O)N([C@H](C)CO)C[C@@H](C)[C@@H](CN(C)C(=O)c2ccccc2)O3)cc1. The lowest BCUT2D eigenvalue weighted by Crippen LogP contribution is -2.50. The molecule has 7 nitrogen and oxygen atoms in total. The fourth-order valence-corrected chi connectivity index (χ4v) is 4.38. The predicted octanol–water partition coefficient (Wildman–Crippen LogP) is 4.05. The lowest BCUT2D eigenvalue weighted by atomic mass is 9.98. The molecule has 3 aromatic rings. The third-order valence-corrected chi connectivity index (χ3v) is 6.73. The first kappa shape index (κ1) is 25.4. The van der Waals surface area contributed by atoms with Gasteiger partial charge < -0.3 is 19.6 Å².